The van der Waals surface area contributed by atoms with Gasteiger partial charge in [0.2, 0.25) is 0 Å². The lowest BCUT2D eigenvalue weighted by Crippen LogP contribution is -2.35. The Hall–Kier alpha value is -0.343. The highest BCUT2D eigenvalue weighted by atomic mass is 28.3. The van der Waals surface area contributed by atoms with E-state index >= 15 is 0 Å². The summed E-state index contributed by atoms with van der Waals surface area (Å²) in [7, 11) is -1.49. The van der Waals surface area contributed by atoms with E-state index in [1.807, 2.05) is 0 Å². The number of aliphatic hydroxyl groups is 1. The van der Waals surface area contributed by atoms with Gasteiger partial charge in [-0.3, -0.25) is 0 Å². The minimum absolute atomic E-state index is 0.0607. The molecule has 0 unspecified atom stereocenters. The van der Waals surface area contributed by atoms with E-state index in [1.165, 1.54) is 0 Å². The Morgan fingerprint density at radius 1 is 1.06 bits per heavy atom. The number of aliphatic hydroxyl groups excluding tert-OH is 1. The molecule has 0 amide bonds. The Morgan fingerprint density at radius 3 is 2.18 bits per heavy atom. The molecule has 0 radical (unpaired) electrons. The van der Waals surface area contributed by atoms with E-state index in [2.05, 4.69) is 45.3 Å². The van der Waals surface area contributed by atoms with Gasteiger partial charge in [0.1, 0.15) is 14.7 Å². The van der Waals surface area contributed by atoms with E-state index in [0.717, 1.165) is 0 Å². The largest absolute Gasteiger partial charge is 0.394 e. The second kappa shape index (κ2) is 7.88. The lowest BCUT2D eigenvalue weighted by atomic mass is 10.2. The van der Waals surface area contributed by atoms with E-state index in [9.17, 15) is 0 Å². The molecule has 1 N–H and O–H groups in total. The highest BCUT2D eigenvalue weighted by Gasteiger charge is 2.33. The molecule has 0 aromatic rings. The Morgan fingerprint density at radius 2 is 1.65 bits per heavy atom. The second-order valence-electron chi connectivity index (χ2n) is 5.57. The number of ether oxygens (including phenoxy) is 2. The molecule has 0 saturated heterocycles. The summed E-state index contributed by atoms with van der Waals surface area (Å²) in [6.45, 7) is 13.3. The first-order valence-electron chi connectivity index (χ1n) is 6.07. The van der Waals surface area contributed by atoms with E-state index in [-0.39, 0.29) is 6.61 Å². The molecular weight excluding hydrogens is 232 g/mol. The van der Waals surface area contributed by atoms with Crippen LogP contribution < -0.4 is 0 Å². The molecule has 0 heterocycles. The minimum atomic E-state index is -1.49. The molecule has 0 spiro atoms. The summed E-state index contributed by atoms with van der Waals surface area (Å²) in [4.78, 5) is 0. The third-order valence-corrected chi connectivity index (χ3v) is 7.61. The van der Waals surface area contributed by atoms with E-state index in [4.69, 9.17) is 14.6 Å². The average Bonchev–Trinajstić information content (AvgIpc) is 2.20. The van der Waals surface area contributed by atoms with Crippen molar-refractivity contribution in [2.24, 2.45) is 0 Å². The molecule has 0 aromatic carbocycles. The molecule has 0 bridgehead atoms. The van der Waals surface area contributed by atoms with Crippen LogP contribution in [0.2, 0.25) is 18.1 Å². The normalized spacial score (nSPS) is 12.1. The van der Waals surface area contributed by atoms with E-state index in [0.29, 0.717) is 31.5 Å². The fourth-order valence-corrected chi connectivity index (χ4v) is 1.74. The monoisotopic (exact) mass is 258 g/mol. The first-order valence-corrected chi connectivity index (χ1v) is 9.07. The van der Waals surface area contributed by atoms with Gasteiger partial charge in [0.15, 0.2) is 0 Å². The summed E-state index contributed by atoms with van der Waals surface area (Å²) >= 11 is 0. The lowest BCUT2D eigenvalue weighted by Gasteiger charge is -2.31. The minimum Gasteiger partial charge on any atom is -0.394 e. The molecule has 100 valence electrons. The molecule has 0 aliphatic rings. The lowest BCUT2D eigenvalue weighted by molar-refractivity contribution is 0.0424. The molecule has 17 heavy (non-hydrogen) atoms. The summed E-state index contributed by atoms with van der Waals surface area (Å²) in [5, 5.41) is 8.79. The van der Waals surface area contributed by atoms with Crippen LogP contribution in [0.3, 0.4) is 0 Å². The molecule has 0 atom stereocenters. The first-order chi connectivity index (χ1) is 7.81. The van der Waals surface area contributed by atoms with Crippen LogP contribution in [-0.4, -0.2) is 46.2 Å². The van der Waals surface area contributed by atoms with Crippen molar-refractivity contribution in [3.63, 3.8) is 0 Å². The van der Waals surface area contributed by atoms with E-state index in [1.54, 1.807) is 0 Å². The van der Waals surface area contributed by atoms with Gasteiger partial charge in [-0.1, -0.05) is 39.8 Å². The van der Waals surface area contributed by atoms with Gasteiger partial charge in [-0.05, 0) is 5.04 Å². The van der Waals surface area contributed by atoms with Crippen LogP contribution >= 0.6 is 0 Å². The highest BCUT2D eigenvalue weighted by molar-refractivity contribution is 6.87. The number of hydrogen-bond donors (Lipinski definition) is 1. The van der Waals surface area contributed by atoms with Crippen molar-refractivity contribution in [3.8, 4) is 11.5 Å². The summed E-state index contributed by atoms with van der Waals surface area (Å²) in [6, 6.07) is 0. The molecular formula is C13H26O3Si. The van der Waals surface area contributed by atoms with Crippen molar-refractivity contribution in [1.82, 2.24) is 0 Å². The van der Waals surface area contributed by atoms with Gasteiger partial charge in [-0.25, -0.2) is 0 Å². The average molecular weight is 258 g/mol. The van der Waals surface area contributed by atoms with Crippen LogP contribution in [0, 0.1) is 11.5 Å². The molecule has 0 aromatic heterocycles. The van der Waals surface area contributed by atoms with Crippen LogP contribution in [0.4, 0.5) is 0 Å². The molecule has 0 saturated carbocycles. The maximum Gasteiger partial charge on any atom is 0.137 e. The van der Waals surface area contributed by atoms with E-state index < -0.39 is 8.07 Å². The van der Waals surface area contributed by atoms with Gasteiger partial charge in [-0.2, -0.15) is 0 Å². The van der Waals surface area contributed by atoms with Crippen molar-refractivity contribution in [2.45, 2.75) is 38.9 Å². The highest BCUT2D eigenvalue weighted by Crippen LogP contribution is 2.34. The van der Waals surface area contributed by atoms with Crippen LogP contribution in [0.1, 0.15) is 20.8 Å². The smallest absolute Gasteiger partial charge is 0.137 e. The fourth-order valence-electron chi connectivity index (χ4n) is 0.852. The zero-order valence-electron chi connectivity index (χ0n) is 11.8. The summed E-state index contributed by atoms with van der Waals surface area (Å²) in [6.07, 6.45) is 0. The summed E-state index contributed by atoms with van der Waals surface area (Å²) in [5.41, 5.74) is 3.38. The fraction of sp³-hybridized carbons (Fsp3) is 0.846. The number of hydrogen-bond acceptors (Lipinski definition) is 3. The Balaban J connectivity index is 3.75. The zero-order chi connectivity index (χ0) is 13.4. The van der Waals surface area contributed by atoms with Crippen LogP contribution in [0.15, 0.2) is 0 Å². The molecule has 0 aliphatic carbocycles. The van der Waals surface area contributed by atoms with Crippen molar-refractivity contribution >= 4 is 8.07 Å². The maximum atomic E-state index is 8.49. The Bertz CT molecular complexity index is 258. The molecule has 0 fully saturated rings. The third kappa shape index (κ3) is 7.56. The van der Waals surface area contributed by atoms with Crippen molar-refractivity contribution in [2.75, 3.05) is 33.0 Å². The van der Waals surface area contributed by atoms with Crippen LogP contribution in [-0.2, 0) is 9.47 Å². The Labute approximate surface area is 107 Å². The molecule has 4 heteroatoms. The quantitative estimate of drug-likeness (QED) is 0.450. The molecule has 0 rings (SSSR count). The second-order valence-corrected chi connectivity index (χ2v) is 10.6. The predicted molar refractivity (Wildman–Crippen MR) is 73.7 cm³/mol. The van der Waals surface area contributed by atoms with Gasteiger partial charge in [0, 0.05) is 0 Å². The van der Waals surface area contributed by atoms with Gasteiger partial charge < -0.3 is 14.6 Å². The van der Waals surface area contributed by atoms with Gasteiger partial charge >= 0.3 is 0 Å². The topological polar surface area (TPSA) is 38.7 Å². The maximum absolute atomic E-state index is 8.49. The van der Waals surface area contributed by atoms with Crippen molar-refractivity contribution in [3.05, 3.63) is 0 Å². The van der Waals surface area contributed by atoms with Crippen LogP contribution in [0.25, 0.3) is 0 Å². The van der Waals surface area contributed by atoms with Gasteiger partial charge in [0.25, 0.3) is 0 Å². The zero-order valence-corrected chi connectivity index (χ0v) is 12.8. The van der Waals surface area contributed by atoms with Crippen molar-refractivity contribution in [1.29, 1.82) is 0 Å². The van der Waals surface area contributed by atoms with Crippen LogP contribution in [0.5, 0.6) is 0 Å². The number of rotatable bonds is 6. The van der Waals surface area contributed by atoms with Gasteiger partial charge in [-0.15, -0.1) is 5.54 Å². The predicted octanol–water partition coefficient (Wildman–Crippen LogP) is 2.06. The first kappa shape index (κ1) is 16.7. The molecule has 0 aliphatic heterocycles. The SMILES string of the molecule is CC(C)(C)[Si](C)(C)C#CCOCCOCCO. The third-order valence-electron chi connectivity index (χ3n) is 3.06. The summed E-state index contributed by atoms with van der Waals surface area (Å²) in [5.74, 6) is 3.11. The van der Waals surface area contributed by atoms with Gasteiger partial charge in [0.05, 0.1) is 26.4 Å². The molecule has 3 nitrogen and oxygen atoms in total. The summed E-state index contributed by atoms with van der Waals surface area (Å²) < 4.78 is 10.4. The van der Waals surface area contributed by atoms with Crippen molar-refractivity contribution < 1.29 is 14.6 Å². The standard InChI is InChI=1S/C13H26O3Si/c1-13(2,3)17(4,5)12-6-8-15-10-11-16-9-7-14/h14H,7-11H2,1-5H3. The Kier molecular flexibility index (Phi) is 7.72.